The first-order valence-corrected chi connectivity index (χ1v) is 9.98. The Bertz CT molecular complexity index is 401. The first-order valence-electron chi connectivity index (χ1n) is 8.37. The summed E-state index contributed by atoms with van der Waals surface area (Å²) in [7, 11) is -3.05. The van der Waals surface area contributed by atoms with Crippen LogP contribution in [0.25, 0.3) is 0 Å². The fourth-order valence-electron chi connectivity index (χ4n) is 3.10. The average Bonchev–Trinajstić information content (AvgIpc) is 2.60. The first kappa shape index (κ1) is 18.9. The van der Waals surface area contributed by atoms with Crippen molar-refractivity contribution < 1.29 is 8.42 Å². The maximum absolute atomic E-state index is 12.3. The Hall–Kier alpha value is -0.130. The summed E-state index contributed by atoms with van der Waals surface area (Å²) in [5.41, 5.74) is 0.318. The molecule has 4 nitrogen and oxygen atoms in total. The lowest BCUT2D eigenvalue weighted by molar-refractivity contribution is 0.167. The summed E-state index contributed by atoms with van der Waals surface area (Å²) in [6, 6.07) is 0.517. The summed E-state index contributed by atoms with van der Waals surface area (Å²) >= 11 is 0. The minimum atomic E-state index is -3.05. The van der Waals surface area contributed by atoms with Crippen LogP contribution in [0.2, 0.25) is 0 Å². The molecule has 0 N–H and O–H groups in total. The maximum Gasteiger partial charge on any atom is 0.214 e. The molecule has 0 aromatic rings. The van der Waals surface area contributed by atoms with E-state index in [1.54, 1.807) is 4.31 Å². The monoisotopic (exact) mass is 318 g/mol. The van der Waals surface area contributed by atoms with Crippen LogP contribution >= 0.6 is 0 Å². The van der Waals surface area contributed by atoms with Crippen LogP contribution in [0.4, 0.5) is 0 Å². The molecule has 0 aliphatic carbocycles. The highest BCUT2D eigenvalue weighted by Crippen LogP contribution is 2.24. The number of rotatable bonds is 6. The molecule has 0 aromatic carbocycles. The average molecular weight is 319 g/mol. The van der Waals surface area contributed by atoms with Gasteiger partial charge in [-0.1, -0.05) is 34.1 Å². The number of nitrogens with zero attached hydrogens (tertiary/aromatic N) is 2. The fourth-order valence-corrected chi connectivity index (χ4v) is 4.78. The van der Waals surface area contributed by atoms with Crippen molar-refractivity contribution in [1.82, 2.24) is 9.21 Å². The van der Waals surface area contributed by atoms with Gasteiger partial charge in [0.1, 0.15) is 0 Å². The van der Waals surface area contributed by atoms with Gasteiger partial charge in [0.2, 0.25) is 10.0 Å². The fraction of sp³-hybridized carbons (Fsp3) is 1.00. The highest BCUT2D eigenvalue weighted by Gasteiger charge is 2.27. The van der Waals surface area contributed by atoms with Crippen LogP contribution in [-0.4, -0.2) is 55.6 Å². The molecule has 1 rings (SSSR count). The van der Waals surface area contributed by atoms with E-state index < -0.39 is 10.0 Å². The van der Waals surface area contributed by atoms with E-state index in [1.165, 1.54) is 0 Å². The van der Waals surface area contributed by atoms with Crippen molar-refractivity contribution in [2.24, 2.45) is 5.41 Å². The summed E-state index contributed by atoms with van der Waals surface area (Å²) < 4.78 is 26.3. The van der Waals surface area contributed by atoms with E-state index in [2.05, 4.69) is 32.6 Å². The highest BCUT2D eigenvalue weighted by atomic mass is 32.2. The van der Waals surface area contributed by atoms with Crippen LogP contribution < -0.4 is 0 Å². The van der Waals surface area contributed by atoms with E-state index in [0.29, 0.717) is 30.3 Å². The Labute approximate surface area is 131 Å². The van der Waals surface area contributed by atoms with Crippen LogP contribution in [0.1, 0.15) is 60.3 Å². The number of unbranched alkanes of at least 4 members (excludes halogenated alkanes) is 1. The van der Waals surface area contributed by atoms with Gasteiger partial charge in [-0.05, 0) is 38.1 Å². The molecule has 1 aliphatic rings. The molecule has 1 atom stereocenters. The smallest absolute Gasteiger partial charge is 0.214 e. The molecule has 0 spiro atoms. The molecule has 0 bridgehead atoms. The van der Waals surface area contributed by atoms with Gasteiger partial charge in [-0.25, -0.2) is 12.7 Å². The van der Waals surface area contributed by atoms with Gasteiger partial charge in [0, 0.05) is 25.7 Å². The van der Waals surface area contributed by atoms with E-state index in [4.69, 9.17) is 0 Å². The lowest BCUT2D eigenvalue weighted by Gasteiger charge is -2.32. The van der Waals surface area contributed by atoms with E-state index in [1.807, 2.05) is 6.92 Å². The lowest BCUT2D eigenvalue weighted by Crippen LogP contribution is -2.40. The Balaban J connectivity index is 2.57. The summed E-state index contributed by atoms with van der Waals surface area (Å²) in [4.78, 5) is 2.46. The zero-order valence-electron chi connectivity index (χ0n) is 14.6. The van der Waals surface area contributed by atoms with E-state index in [9.17, 15) is 8.42 Å². The third-order valence-electron chi connectivity index (χ3n) is 4.17. The van der Waals surface area contributed by atoms with Crippen molar-refractivity contribution in [3.63, 3.8) is 0 Å². The van der Waals surface area contributed by atoms with Crippen molar-refractivity contribution >= 4 is 10.0 Å². The molecular weight excluding hydrogens is 284 g/mol. The zero-order valence-corrected chi connectivity index (χ0v) is 15.4. The Morgan fingerprint density at radius 2 is 1.76 bits per heavy atom. The minimum Gasteiger partial charge on any atom is -0.299 e. The van der Waals surface area contributed by atoms with Gasteiger partial charge < -0.3 is 0 Å². The van der Waals surface area contributed by atoms with Crippen LogP contribution in [-0.2, 0) is 10.0 Å². The summed E-state index contributed by atoms with van der Waals surface area (Å²) in [5.74, 6) is 0.307. The summed E-state index contributed by atoms with van der Waals surface area (Å²) in [6.07, 6.45) is 3.79. The van der Waals surface area contributed by atoms with E-state index in [-0.39, 0.29) is 0 Å². The molecule has 1 heterocycles. The second-order valence-electron chi connectivity index (χ2n) is 7.57. The second kappa shape index (κ2) is 7.93. The van der Waals surface area contributed by atoms with Gasteiger partial charge in [0.15, 0.2) is 0 Å². The van der Waals surface area contributed by atoms with Crippen LogP contribution in [0.5, 0.6) is 0 Å². The first-order chi connectivity index (χ1) is 9.65. The quantitative estimate of drug-likeness (QED) is 0.756. The molecule has 0 amide bonds. The van der Waals surface area contributed by atoms with Crippen LogP contribution in [0.15, 0.2) is 0 Å². The molecule has 1 aliphatic heterocycles. The maximum atomic E-state index is 12.3. The molecule has 126 valence electrons. The number of hydrogen-bond donors (Lipinski definition) is 0. The molecule has 0 radical (unpaired) electrons. The van der Waals surface area contributed by atoms with Gasteiger partial charge >= 0.3 is 0 Å². The normalized spacial score (nSPS) is 21.2. The van der Waals surface area contributed by atoms with Gasteiger partial charge in [0.05, 0.1) is 5.75 Å². The highest BCUT2D eigenvalue weighted by molar-refractivity contribution is 7.89. The number of sulfonamides is 1. The van der Waals surface area contributed by atoms with Crippen molar-refractivity contribution in [3.8, 4) is 0 Å². The molecule has 1 unspecified atom stereocenters. The predicted octanol–water partition coefficient (Wildman–Crippen LogP) is 2.95. The third kappa shape index (κ3) is 6.66. The van der Waals surface area contributed by atoms with Crippen LogP contribution in [0, 0.1) is 5.41 Å². The third-order valence-corrected chi connectivity index (χ3v) is 6.13. The predicted molar refractivity (Wildman–Crippen MR) is 90.0 cm³/mol. The second-order valence-corrected chi connectivity index (χ2v) is 9.66. The molecule has 0 saturated carbocycles. The standard InChI is InChI=1S/C16H34N2O2S/c1-6-7-13-21(19,20)18-10-8-9-17(11-12-18)15(2)14-16(3,4)5/h15H,6-14H2,1-5H3. The molecule has 21 heavy (non-hydrogen) atoms. The van der Waals surface area contributed by atoms with Crippen molar-refractivity contribution in [3.05, 3.63) is 0 Å². The van der Waals surface area contributed by atoms with Gasteiger partial charge in [-0.3, -0.25) is 4.90 Å². The van der Waals surface area contributed by atoms with E-state index >= 15 is 0 Å². The minimum absolute atomic E-state index is 0.307. The number of hydrogen-bond acceptors (Lipinski definition) is 3. The summed E-state index contributed by atoms with van der Waals surface area (Å²) in [6.45, 7) is 14.3. The van der Waals surface area contributed by atoms with E-state index in [0.717, 1.165) is 38.8 Å². The zero-order chi connectivity index (χ0) is 16.1. The van der Waals surface area contributed by atoms with Crippen molar-refractivity contribution in [2.75, 3.05) is 31.9 Å². The summed E-state index contributed by atoms with van der Waals surface area (Å²) in [5, 5.41) is 0. The Morgan fingerprint density at radius 1 is 1.10 bits per heavy atom. The van der Waals surface area contributed by atoms with Gasteiger partial charge in [0.25, 0.3) is 0 Å². The largest absolute Gasteiger partial charge is 0.299 e. The Kier molecular flexibility index (Phi) is 7.14. The van der Waals surface area contributed by atoms with Gasteiger partial charge in [-0.2, -0.15) is 0 Å². The topological polar surface area (TPSA) is 40.6 Å². The molecular formula is C16H34N2O2S. The molecule has 5 heteroatoms. The molecule has 1 saturated heterocycles. The SMILES string of the molecule is CCCCS(=O)(=O)N1CCCN(C(C)CC(C)(C)C)CC1. The molecule has 0 aromatic heterocycles. The van der Waals surface area contributed by atoms with Crippen LogP contribution in [0.3, 0.4) is 0 Å². The van der Waals surface area contributed by atoms with Crippen molar-refractivity contribution in [1.29, 1.82) is 0 Å². The Morgan fingerprint density at radius 3 is 2.33 bits per heavy atom. The molecule has 1 fully saturated rings. The van der Waals surface area contributed by atoms with Crippen molar-refractivity contribution in [2.45, 2.75) is 66.3 Å². The lowest BCUT2D eigenvalue weighted by atomic mass is 9.88. The van der Waals surface area contributed by atoms with Gasteiger partial charge in [-0.15, -0.1) is 0 Å².